The van der Waals surface area contributed by atoms with Gasteiger partial charge in [-0.05, 0) is 49.4 Å². The van der Waals surface area contributed by atoms with Gasteiger partial charge in [-0.1, -0.05) is 52.3 Å². The third kappa shape index (κ3) is 3.84. The van der Waals surface area contributed by atoms with Gasteiger partial charge in [0.2, 0.25) is 10.0 Å². The van der Waals surface area contributed by atoms with E-state index in [2.05, 4.69) is 15.9 Å². The van der Waals surface area contributed by atoms with E-state index in [9.17, 15) is 8.42 Å². The van der Waals surface area contributed by atoms with Crippen molar-refractivity contribution in [1.82, 2.24) is 4.31 Å². The lowest BCUT2D eigenvalue weighted by atomic mass is 10.2. The molecule has 0 saturated heterocycles. The van der Waals surface area contributed by atoms with E-state index in [-0.39, 0.29) is 6.04 Å². The Kier molecular flexibility index (Phi) is 4.90. The molecule has 2 aromatic carbocycles. The summed E-state index contributed by atoms with van der Waals surface area (Å²) in [4.78, 5) is 0.343. The van der Waals surface area contributed by atoms with Gasteiger partial charge in [-0.2, -0.15) is 4.31 Å². The Morgan fingerprint density at radius 1 is 1.13 bits per heavy atom. The lowest BCUT2D eigenvalue weighted by Gasteiger charge is -2.28. The molecule has 0 bridgehead atoms. The number of nitrogens with zero attached hydrogens (tertiary/aromatic N) is 1. The first-order chi connectivity index (χ1) is 11.0. The maximum atomic E-state index is 13.2. The minimum absolute atomic E-state index is 0.0131. The maximum Gasteiger partial charge on any atom is 0.243 e. The number of hydrogen-bond donors (Lipinski definition) is 0. The molecule has 5 heteroatoms. The number of halogens is 1. The molecule has 3 nitrogen and oxygen atoms in total. The second-order valence-corrected chi connectivity index (χ2v) is 8.88. The summed E-state index contributed by atoms with van der Waals surface area (Å²) in [6.07, 6.45) is 2.22. The van der Waals surface area contributed by atoms with Crippen molar-refractivity contribution in [3.63, 3.8) is 0 Å². The molecule has 0 heterocycles. The van der Waals surface area contributed by atoms with Crippen molar-refractivity contribution in [2.24, 2.45) is 5.92 Å². The lowest BCUT2D eigenvalue weighted by Crippen LogP contribution is -2.39. The van der Waals surface area contributed by atoms with E-state index in [1.54, 1.807) is 22.5 Å². The predicted octanol–water partition coefficient (Wildman–Crippen LogP) is 4.44. The highest BCUT2D eigenvalue weighted by Crippen LogP contribution is 2.38. The Labute approximate surface area is 146 Å². The molecule has 0 N–H and O–H groups in total. The normalized spacial score (nSPS) is 16.5. The average Bonchev–Trinajstić information content (AvgIpc) is 3.38. The number of sulfonamides is 1. The van der Waals surface area contributed by atoms with Crippen molar-refractivity contribution in [3.05, 3.63) is 64.6 Å². The van der Waals surface area contributed by atoms with E-state index >= 15 is 0 Å². The predicted molar refractivity (Wildman–Crippen MR) is 95.5 cm³/mol. The summed E-state index contributed by atoms with van der Waals surface area (Å²) in [6.45, 7) is 2.43. The van der Waals surface area contributed by atoms with Gasteiger partial charge >= 0.3 is 0 Å². The summed E-state index contributed by atoms with van der Waals surface area (Å²) >= 11 is 3.37. The standard InChI is InChI=1S/C18H20BrNO2S/c1-14(16-10-11-16)20(13-15-6-3-2-4-7-15)23(21,22)18-9-5-8-17(19)12-18/h2-9,12,14,16H,10-11,13H2,1H3. The van der Waals surface area contributed by atoms with E-state index < -0.39 is 10.0 Å². The van der Waals surface area contributed by atoms with Crippen LogP contribution in [0.2, 0.25) is 0 Å². The SMILES string of the molecule is CC(C1CC1)N(Cc1ccccc1)S(=O)(=O)c1cccc(Br)c1. The van der Waals surface area contributed by atoms with Crippen molar-refractivity contribution in [3.8, 4) is 0 Å². The van der Waals surface area contributed by atoms with Gasteiger partial charge in [0.05, 0.1) is 4.90 Å². The molecule has 3 rings (SSSR count). The van der Waals surface area contributed by atoms with Crippen molar-refractivity contribution < 1.29 is 8.42 Å². The molecule has 0 aromatic heterocycles. The van der Waals surface area contributed by atoms with Crippen molar-refractivity contribution >= 4 is 26.0 Å². The summed E-state index contributed by atoms with van der Waals surface area (Å²) in [6, 6.07) is 16.7. The van der Waals surface area contributed by atoms with Crippen LogP contribution in [0.4, 0.5) is 0 Å². The van der Waals surface area contributed by atoms with E-state index in [0.29, 0.717) is 17.4 Å². The Hall–Kier alpha value is -1.17. The fourth-order valence-electron chi connectivity index (χ4n) is 2.79. The van der Waals surface area contributed by atoms with Crippen LogP contribution in [-0.2, 0) is 16.6 Å². The smallest absolute Gasteiger partial charge is 0.207 e. The summed E-state index contributed by atoms with van der Waals surface area (Å²) in [5.74, 6) is 0.473. The van der Waals surface area contributed by atoms with Gasteiger partial charge in [0.1, 0.15) is 0 Å². The second kappa shape index (κ2) is 6.75. The molecule has 1 aliphatic carbocycles. The van der Waals surface area contributed by atoms with Crippen LogP contribution in [0.1, 0.15) is 25.3 Å². The Balaban J connectivity index is 1.96. The number of rotatable bonds is 6. The topological polar surface area (TPSA) is 37.4 Å². The van der Waals surface area contributed by atoms with E-state index in [1.807, 2.05) is 43.3 Å². The van der Waals surface area contributed by atoms with Gasteiger partial charge in [0.15, 0.2) is 0 Å². The molecule has 122 valence electrons. The van der Waals surface area contributed by atoms with E-state index in [4.69, 9.17) is 0 Å². The minimum atomic E-state index is -3.52. The molecule has 0 amide bonds. The van der Waals surface area contributed by atoms with Gasteiger partial charge in [0.25, 0.3) is 0 Å². The van der Waals surface area contributed by atoms with Gasteiger partial charge in [0, 0.05) is 17.1 Å². The third-order valence-corrected chi connectivity index (χ3v) is 6.76. The molecule has 1 saturated carbocycles. The molecule has 1 aliphatic rings. The van der Waals surface area contributed by atoms with Crippen LogP contribution in [0.25, 0.3) is 0 Å². The third-order valence-electron chi connectivity index (χ3n) is 4.34. The molecule has 1 fully saturated rings. The number of benzene rings is 2. The second-order valence-electron chi connectivity index (χ2n) is 6.07. The molecular weight excluding hydrogens is 374 g/mol. The van der Waals surface area contributed by atoms with Gasteiger partial charge in [-0.25, -0.2) is 8.42 Å². The lowest BCUT2D eigenvalue weighted by molar-refractivity contribution is 0.303. The van der Waals surface area contributed by atoms with Crippen molar-refractivity contribution in [2.75, 3.05) is 0 Å². The van der Waals surface area contributed by atoms with Gasteiger partial charge in [-0.15, -0.1) is 0 Å². The maximum absolute atomic E-state index is 13.2. The first-order valence-corrected chi connectivity index (χ1v) is 10.0. The molecule has 1 unspecified atom stereocenters. The van der Waals surface area contributed by atoms with Crippen molar-refractivity contribution in [1.29, 1.82) is 0 Å². The highest BCUT2D eigenvalue weighted by atomic mass is 79.9. The van der Waals surface area contributed by atoms with Crippen molar-refractivity contribution in [2.45, 2.75) is 37.2 Å². The molecular formula is C18H20BrNO2S. The Morgan fingerprint density at radius 3 is 2.43 bits per heavy atom. The van der Waals surface area contributed by atoms with Crippen LogP contribution in [0.3, 0.4) is 0 Å². The van der Waals surface area contributed by atoms with Crippen LogP contribution in [0.15, 0.2) is 64.0 Å². The minimum Gasteiger partial charge on any atom is -0.207 e. The first-order valence-electron chi connectivity index (χ1n) is 7.80. The summed E-state index contributed by atoms with van der Waals surface area (Å²) < 4.78 is 28.8. The van der Waals surface area contributed by atoms with E-state index in [0.717, 1.165) is 22.9 Å². The fourth-order valence-corrected chi connectivity index (χ4v) is 5.06. The number of hydrogen-bond acceptors (Lipinski definition) is 2. The molecule has 1 atom stereocenters. The first kappa shape index (κ1) is 16.7. The Bertz CT molecular complexity index is 773. The largest absolute Gasteiger partial charge is 0.243 e. The van der Waals surface area contributed by atoms with Crippen LogP contribution in [0.5, 0.6) is 0 Å². The molecule has 0 aliphatic heterocycles. The fraction of sp³-hybridized carbons (Fsp3) is 0.333. The van der Waals surface area contributed by atoms with Crippen LogP contribution >= 0.6 is 15.9 Å². The van der Waals surface area contributed by atoms with Crippen LogP contribution in [0, 0.1) is 5.92 Å². The molecule has 2 aromatic rings. The van der Waals surface area contributed by atoms with E-state index in [1.165, 1.54) is 0 Å². The quantitative estimate of drug-likeness (QED) is 0.727. The highest BCUT2D eigenvalue weighted by molar-refractivity contribution is 9.10. The van der Waals surface area contributed by atoms with Crippen LogP contribution in [-0.4, -0.2) is 18.8 Å². The monoisotopic (exact) mass is 393 g/mol. The highest BCUT2D eigenvalue weighted by Gasteiger charge is 2.38. The summed E-state index contributed by atoms with van der Waals surface area (Å²) in [5.41, 5.74) is 1.01. The average molecular weight is 394 g/mol. The van der Waals surface area contributed by atoms with Gasteiger partial charge in [-0.3, -0.25) is 0 Å². The summed E-state index contributed by atoms with van der Waals surface area (Å²) in [5, 5.41) is 0. The zero-order valence-corrected chi connectivity index (χ0v) is 15.4. The molecule has 0 radical (unpaired) electrons. The Morgan fingerprint density at radius 2 is 1.83 bits per heavy atom. The van der Waals surface area contributed by atoms with Crippen LogP contribution < -0.4 is 0 Å². The molecule has 0 spiro atoms. The zero-order chi connectivity index (χ0) is 16.4. The molecule has 23 heavy (non-hydrogen) atoms. The summed E-state index contributed by atoms with van der Waals surface area (Å²) in [7, 11) is -3.52. The zero-order valence-electron chi connectivity index (χ0n) is 13.0. The van der Waals surface area contributed by atoms with Gasteiger partial charge < -0.3 is 0 Å².